The molecule has 0 aromatic heterocycles. The maximum Gasteiger partial charge on any atom is 0.417 e. The molecule has 1 aromatic rings. The molecule has 230 valence electrons. The number of rotatable bonds is 14. The fourth-order valence-electron chi connectivity index (χ4n) is 5.57. The lowest BCUT2D eigenvalue weighted by atomic mass is 9.95. The third kappa shape index (κ3) is 9.62. The zero-order chi connectivity index (χ0) is 30.2. The van der Waals surface area contributed by atoms with Crippen LogP contribution in [0.5, 0.6) is 0 Å². The first-order chi connectivity index (χ1) is 20.1. The molecule has 1 aliphatic heterocycles. The zero-order valence-electron chi connectivity index (χ0n) is 24.2. The second-order valence-corrected chi connectivity index (χ2v) is 13.4. The van der Waals surface area contributed by atoms with Crippen molar-refractivity contribution in [1.82, 2.24) is 20.7 Å². The van der Waals surface area contributed by atoms with E-state index in [0.717, 1.165) is 56.0 Å². The molecule has 1 heterocycles. The molecule has 0 spiro atoms. The summed E-state index contributed by atoms with van der Waals surface area (Å²) < 4.78 is 8.44. The number of amides is 4. The summed E-state index contributed by atoms with van der Waals surface area (Å²) in [5.41, 5.74) is 1.09. The standard InChI is InChI=1S/C30H41ClN4O6S/c1-17(2)13-25(42-35-30(40)41-24-8-4-6-19(24)14-18-5-3-7-21(31)15-18)28(38)34-23(16-20-11-12-32-27(20)37)26(36)29(39)33-22-9-10-22/h3,5,7,15,17,19-20,22-25H,4,6,8-14,16H2,1-2H3,(H,32,37)(H,33,39)(H,34,38)(H,35,40)/t19?,20-,23-,24?,25-/m0/s1. The van der Waals surface area contributed by atoms with Crippen LogP contribution in [0.4, 0.5) is 4.79 Å². The van der Waals surface area contributed by atoms with E-state index < -0.39 is 40.9 Å². The molecule has 42 heavy (non-hydrogen) atoms. The summed E-state index contributed by atoms with van der Waals surface area (Å²) in [6, 6.07) is 6.52. The maximum atomic E-state index is 13.4. The van der Waals surface area contributed by atoms with Gasteiger partial charge in [-0.3, -0.25) is 23.9 Å². The fraction of sp³-hybridized carbons (Fsp3) is 0.633. The number of halogens is 1. The number of nitrogens with one attached hydrogen (secondary N) is 4. The van der Waals surface area contributed by atoms with E-state index in [1.165, 1.54) is 0 Å². The molecule has 2 unspecified atom stereocenters. The van der Waals surface area contributed by atoms with Crippen LogP contribution in [0.2, 0.25) is 5.02 Å². The van der Waals surface area contributed by atoms with Crippen molar-refractivity contribution in [2.45, 2.75) is 95.1 Å². The molecule has 4 rings (SSSR count). The van der Waals surface area contributed by atoms with Gasteiger partial charge in [-0.1, -0.05) is 37.6 Å². The Balaban J connectivity index is 1.34. The van der Waals surface area contributed by atoms with Gasteiger partial charge in [-0.25, -0.2) is 4.79 Å². The number of Topliss-reactive ketones (excluding diaryl/α,β-unsaturated/α-hetero) is 1. The van der Waals surface area contributed by atoms with E-state index in [2.05, 4.69) is 20.7 Å². The minimum absolute atomic E-state index is 0.0167. The Morgan fingerprint density at radius 1 is 1.12 bits per heavy atom. The molecule has 5 atom stereocenters. The highest BCUT2D eigenvalue weighted by Gasteiger charge is 2.37. The fourth-order valence-corrected chi connectivity index (χ4v) is 6.72. The molecule has 10 nitrogen and oxygen atoms in total. The Bertz CT molecular complexity index is 1160. The van der Waals surface area contributed by atoms with Crippen LogP contribution in [-0.2, 0) is 30.3 Å². The van der Waals surface area contributed by atoms with Crippen LogP contribution in [-0.4, -0.2) is 59.6 Å². The Kier molecular flexibility index (Phi) is 11.5. The number of carbonyl (C=O) groups is 5. The molecular weight excluding hydrogens is 580 g/mol. The number of ketones is 1. The molecule has 1 aromatic carbocycles. The van der Waals surface area contributed by atoms with Gasteiger partial charge < -0.3 is 20.7 Å². The van der Waals surface area contributed by atoms with Gasteiger partial charge in [0.25, 0.3) is 5.91 Å². The van der Waals surface area contributed by atoms with Gasteiger partial charge in [-0.15, -0.1) is 0 Å². The lowest BCUT2D eigenvalue weighted by Gasteiger charge is -2.24. The van der Waals surface area contributed by atoms with Gasteiger partial charge in [0.05, 0.1) is 6.04 Å². The lowest BCUT2D eigenvalue weighted by Crippen LogP contribution is -2.51. The molecule has 4 amide bonds. The topological polar surface area (TPSA) is 143 Å². The molecule has 0 bridgehead atoms. The van der Waals surface area contributed by atoms with Gasteiger partial charge in [0.2, 0.25) is 17.6 Å². The van der Waals surface area contributed by atoms with Crippen LogP contribution in [0.3, 0.4) is 0 Å². The van der Waals surface area contributed by atoms with Crippen molar-refractivity contribution in [3.63, 3.8) is 0 Å². The monoisotopic (exact) mass is 620 g/mol. The molecule has 0 radical (unpaired) electrons. The summed E-state index contributed by atoms with van der Waals surface area (Å²) >= 11 is 7.07. The van der Waals surface area contributed by atoms with Crippen molar-refractivity contribution in [2.24, 2.45) is 17.8 Å². The Morgan fingerprint density at radius 2 is 1.90 bits per heavy atom. The van der Waals surface area contributed by atoms with Gasteiger partial charge in [0, 0.05) is 29.4 Å². The third-order valence-corrected chi connectivity index (χ3v) is 9.16. The van der Waals surface area contributed by atoms with Crippen molar-refractivity contribution >= 4 is 53.1 Å². The summed E-state index contributed by atoms with van der Waals surface area (Å²) in [6.07, 6.45) is 5.17. The summed E-state index contributed by atoms with van der Waals surface area (Å²) in [4.78, 5) is 64.1. The average Bonchev–Trinajstić information content (AvgIpc) is 3.51. The molecule has 3 aliphatic rings. The normalized spacial score (nSPS) is 23.1. The van der Waals surface area contributed by atoms with Crippen LogP contribution in [0.1, 0.15) is 70.8 Å². The predicted octanol–water partition coefficient (Wildman–Crippen LogP) is 3.70. The zero-order valence-corrected chi connectivity index (χ0v) is 25.7. The first-order valence-corrected chi connectivity index (χ1v) is 16.1. The van der Waals surface area contributed by atoms with Gasteiger partial charge in [0.1, 0.15) is 11.4 Å². The number of hydrogen-bond acceptors (Lipinski definition) is 7. The van der Waals surface area contributed by atoms with Crippen LogP contribution >= 0.6 is 23.5 Å². The Hall–Kier alpha value is -2.79. The smallest absolute Gasteiger partial charge is 0.417 e. The summed E-state index contributed by atoms with van der Waals surface area (Å²) in [5, 5.41) is 8.07. The first-order valence-electron chi connectivity index (χ1n) is 14.9. The van der Waals surface area contributed by atoms with E-state index in [9.17, 15) is 24.0 Å². The highest BCUT2D eigenvalue weighted by atomic mass is 35.5. The number of hydrogen-bond donors (Lipinski definition) is 4. The van der Waals surface area contributed by atoms with Gasteiger partial charge in [-0.05, 0) is 93.3 Å². The van der Waals surface area contributed by atoms with Crippen LogP contribution in [0, 0.1) is 17.8 Å². The molecule has 1 saturated heterocycles. The first kappa shape index (κ1) is 32.1. The van der Waals surface area contributed by atoms with E-state index in [1.807, 2.05) is 38.1 Å². The second kappa shape index (κ2) is 15.1. The van der Waals surface area contributed by atoms with Gasteiger partial charge >= 0.3 is 6.09 Å². The van der Waals surface area contributed by atoms with Crippen LogP contribution in [0.15, 0.2) is 24.3 Å². The van der Waals surface area contributed by atoms with Gasteiger partial charge in [-0.2, -0.15) is 0 Å². The van der Waals surface area contributed by atoms with Gasteiger partial charge in [0.15, 0.2) is 0 Å². The molecule has 3 fully saturated rings. The molecule has 4 N–H and O–H groups in total. The SMILES string of the molecule is CC(C)C[C@H](SNC(=O)OC1CCCC1Cc1cccc(Cl)c1)C(=O)N[C@@H](C[C@@H]1CCNC1=O)C(=O)C(=O)NC1CC1. The van der Waals surface area contributed by atoms with Crippen molar-refractivity contribution in [3.8, 4) is 0 Å². The minimum atomic E-state index is -1.14. The largest absolute Gasteiger partial charge is 0.445 e. The van der Waals surface area contributed by atoms with Crippen molar-refractivity contribution < 1.29 is 28.7 Å². The van der Waals surface area contributed by atoms with Crippen LogP contribution < -0.4 is 20.7 Å². The maximum absolute atomic E-state index is 13.4. The lowest BCUT2D eigenvalue weighted by molar-refractivity contribution is -0.140. The van der Waals surface area contributed by atoms with E-state index in [0.29, 0.717) is 24.4 Å². The van der Waals surface area contributed by atoms with E-state index in [4.69, 9.17) is 16.3 Å². The quantitative estimate of drug-likeness (QED) is 0.183. The Morgan fingerprint density at radius 3 is 2.57 bits per heavy atom. The predicted molar refractivity (Wildman–Crippen MR) is 161 cm³/mol. The van der Waals surface area contributed by atoms with Crippen LogP contribution in [0.25, 0.3) is 0 Å². The Labute approximate surface area is 256 Å². The number of carbonyl (C=O) groups excluding carboxylic acids is 5. The number of benzene rings is 1. The number of ether oxygens (including phenoxy) is 1. The van der Waals surface area contributed by atoms with E-state index in [-0.39, 0.29) is 36.3 Å². The van der Waals surface area contributed by atoms with E-state index >= 15 is 0 Å². The highest BCUT2D eigenvalue weighted by Crippen LogP contribution is 2.32. The molecule has 12 heteroatoms. The third-order valence-electron chi connectivity index (χ3n) is 7.95. The summed E-state index contributed by atoms with van der Waals surface area (Å²) in [7, 11) is 0. The summed E-state index contributed by atoms with van der Waals surface area (Å²) in [6.45, 7) is 4.39. The van der Waals surface area contributed by atoms with E-state index in [1.54, 1.807) is 0 Å². The van der Waals surface area contributed by atoms with Crippen molar-refractivity contribution in [1.29, 1.82) is 0 Å². The summed E-state index contributed by atoms with van der Waals surface area (Å²) in [5.74, 6) is -2.37. The minimum Gasteiger partial charge on any atom is -0.445 e. The molecular formula is C30H41ClN4O6S. The van der Waals surface area contributed by atoms with Crippen molar-refractivity contribution in [3.05, 3.63) is 34.9 Å². The molecule has 2 saturated carbocycles. The highest BCUT2D eigenvalue weighted by molar-refractivity contribution is 7.99. The average molecular weight is 621 g/mol. The van der Waals surface area contributed by atoms with Crippen molar-refractivity contribution in [2.75, 3.05) is 6.54 Å². The molecule has 2 aliphatic carbocycles. The second-order valence-electron chi connectivity index (χ2n) is 12.0.